The molecule has 8 nitrogen and oxygen atoms in total. The van der Waals surface area contributed by atoms with E-state index < -0.39 is 17.1 Å². The van der Waals surface area contributed by atoms with Crippen LogP contribution in [0.2, 0.25) is 0 Å². The Bertz CT molecular complexity index is 1110. The standard InChI is InChI=1S/C23H30N4O4S/c1-4-16-9-11-17(12-10-16)24-20(19-21(29)25(2)23(31)26(3)22(19)30)32-15-18(28)27-13-7-5-6-8-14-27/h9-12,29H,4-8,13-15H2,1-3H3. The maximum Gasteiger partial charge on any atom is 0.333 e. The van der Waals surface area contributed by atoms with Crippen LogP contribution in [0, 0.1) is 0 Å². The van der Waals surface area contributed by atoms with Crippen LogP contribution in [0.1, 0.15) is 43.7 Å². The molecular weight excluding hydrogens is 428 g/mol. The van der Waals surface area contributed by atoms with Crippen molar-refractivity contribution < 1.29 is 9.90 Å². The number of thioether (sulfide) groups is 1. The van der Waals surface area contributed by atoms with E-state index in [4.69, 9.17) is 0 Å². The number of nitrogens with zero attached hydrogens (tertiary/aromatic N) is 4. The maximum atomic E-state index is 12.9. The van der Waals surface area contributed by atoms with Gasteiger partial charge in [-0.2, -0.15) is 0 Å². The summed E-state index contributed by atoms with van der Waals surface area (Å²) < 4.78 is 1.94. The Balaban J connectivity index is 1.99. The molecule has 1 aromatic heterocycles. The van der Waals surface area contributed by atoms with Crippen LogP contribution >= 0.6 is 11.8 Å². The molecule has 0 aliphatic carbocycles. The molecule has 0 spiro atoms. The summed E-state index contributed by atoms with van der Waals surface area (Å²) in [7, 11) is 2.75. The van der Waals surface area contributed by atoms with Gasteiger partial charge in [0.1, 0.15) is 10.6 Å². The molecule has 1 aliphatic rings. The van der Waals surface area contributed by atoms with Crippen molar-refractivity contribution >= 4 is 28.4 Å². The quantitative estimate of drug-likeness (QED) is 0.549. The number of benzene rings is 1. The lowest BCUT2D eigenvalue weighted by Gasteiger charge is -2.20. The number of aryl methyl sites for hydroxylation is 1. The Morgan fingerprint density at radius 3 is 2.25 bits per heavy atom. The van der Waals surface area contributed by atoms with Gasteiger partial charge in [-0.05, 0) is 37.0 Å². The number of carbonyl (C=O) groups is 1. The van der Waals surface area contributed by atoms with Gasteiger partial charge in [-0.25, -0.2) is 9.79 Å². The summed E-state index contributed by atoms with van der Waals surface area (Å²) in [6.45, 7) is 3.52. The van der Waals surface area contributed by atoms with Gasteiger partial charge in [0.15, 0.2) is 0 Å². The Kier molecular flexibility index (Phi) is 7.95. The second-order valence-corrected chi connectivity index (χ2v) is 8.89. The zero-order chi connectivity index (χ0) is 23.3. The molecule has 0 atom stereocenters. The smallest absolute Gasteiger partial charge is 0.333 e. The second-order valence-electron chi connectivity index (χ2n) is 7.92. The molecule has 0 radical (unpaired) electrons. The molecular formula is C23H30N4O4S. The lowest BCUT2D eigenvalue weighted by molar-refractivity contribution is -0.128. The number of aromatic hydroxyl groups is 1. The van der Waals surface area contributed by atoms with Crippen LogP contribution in [-0.4, -0.2) is 48.9 Å². The zero-order valence-corrected chi connectivity index (χ0v) is 19.7. The number of carbonyl (C=O) groups excluding carboxylic acids is 1. The molecule has 0 saturated carbocycles. The number of likely N-dealkylation sites (tertiary alicyclic amines) is 1. The van der Waals surface area contributed by atoms with Gasteiger partial charge in [-0.15, -0.1) is 0 Å². The Morgan fingerprint density at radius 2 is 1.66 bits per heavy atom. The first-order chi connectivity index (χ1) is 15.3. The van der Waals surface area contributed by atoms with Gasteiger partial charge in [0, 0.05) is 27.2 Å². The fraction of sp³-hybridized carbons (Fsp3) is 0.478. The predicted octanol–water partition coefficient (Wildman–Crippen LogP) is 2.57. The van der Waals surface area contributed by atoms with Crippen molar-refractivity contribution in [3.05, 3.63) is 56.2 Å². The first-order valence-corrected chi connectivity index (χ1v) is 11.9. The van der Waals surface area contributed by atoms with Gasteiger partial charge in [-0.1, -0.05) is 43.7 Å². The minimum atomic E-state index is -0.649. The summed E-state index contributed by atoms with van der Waals surface area (Å²) in [5.41, 5.74) is 0.387. The average molecular weight is 459 g/mol. The van der Waals surface area contributed by atoms with E-state index in [1.807, 2.05) is 29.2 Å². The molecule has 1 amide bonds. The van der Waals surface area contributed by atoms with Crippen LogP contribution in [0.4, 0.5) is 5.69 Å². The van der Waals surface area contributed by atoms with E-state index in [1.54, 1.807) is 0 Å². The fourth-order valence-corrected chi connectivity index (χ4v) is 4.58. The van der Waals surface area contributed by atoms with E-state index >= 15 is 0 Å². The molecule has 3 rings (SSSR count). The van der Waals surface area contributed by atoms with Gasteiger partial charge in [0.2, 0.25) is 11.8 Å². The first-order valence-electron chi connectivity index (χ1n) is 10.9. The second kappa shape index (κ2) is 10.7. The Hall–Kier alpha value is -2.81. The Labute approximate surface area is 191 Å². The number of aromatic nitrogens is 2. The molecule has 172 valence electrons. The van der Waals surface area contributed by atoms with Crippen molar-refractivity contribution in [2.75, 3.05) is 18.8 Å². The Morgan fingerprint density at radius 1 is 1.03 bits per heavy atom. The minimum Gasteiger partial charge on any atom is -0.494 e. The van der Waals surface area contributed by atoms with Crippen LogP contribution < -0.4 is 11.2 Å². The largest absolute Gasteiger partial charge is 0.494 e. The molecule has 1 aromatic carbocycles. The molecule has 1 N–H and O–H groups in total. The maximum absolute atomic E-state index is 12.9. The van der Waals surface area contributed by atoms with Crippen LogP contribution in [0.25, 0.3) is 0 Å². The van der Waals surface area contributed by atoms with E-state index in [9.17, 15) is 19.5 Å². The zero-order valence-electron chi connectivity index (χ0n) is 18.8. The normalized spacial score (nSPS) is 15.0. The van der Waals surface area contributed by atoms with Crippen molar-refractivity contribution in [1.82, 2.24) is 14.0 Å². The summed E-state index contributed by atoms with van der Waals surface area (Å²) in [5, 5.41) is 10.8. The third kappa shape index (κ3) is 5.32. The fourth-order valence-electron chi connectivity index (χ4n) is 3.65. The number of amides is 1. The highest BCUT2D eigenvalue weighted by Crippen LogP contribution is 2.24. The van der Waals surface area contributed by atoms with Crippen molar-refractivity contribution in [2.45, 2.75) is 39.0 Å². The number of hydrogen-bond donors (Lipinski definition) is 1. The topological polar surface area (TPSA) is 96.9 Å². The molecule has 9 heteroatoms. The van der Waals surface area contributed by atoms with Gasteiger partial charge in [0.25, 0.3) is 5.56 Å². The van der Waals surface area contributed by atoms with Crippen molar-refractivity contribution in [2.24, 2.45) is 19.1 Å². The highest BCUT2D eigenvalue weighted by atomic mass is 32.2. The van der Waals surface area contributed by atoms with Gasteiger partial charge >= 0.3 is 5.69 Å². The average Bonchev–Trinajstić information content (AvgIpc) is 3.10. The van der Waals surface area contributed by atoms with Crippen LogP contribution in [0.5, 0.6) is 5.88 Å². The van der Waals surface area contributed by atoms with Gasteiger partial charge in [-0.3, -0.25) is 18.7 Å². The van der Waals surface area contributed by atoms with E-state index in [0.29, 0.717) is 5.69 Å². The van der Waals surface area contributed by atoms with Crippen molar-refractivity contribution in [1.29, 1.82) is 0 Å². The number of rotatable bonds is 5. The molecule has 2 aromatic rings. The van der Waals surface area contributed by atoms with E-state index in [2.05, 4.69) is 11.9 Å². The summed E-state index contributed by atoms with van der Waals surface area (Å²) in [5.74, 6) is -0.388. The highest BCUT2D eigenvalue weighted by Gasteiger charge is 2.23. The monoisotopic (exact) mass is 458 g/mol. The summed E-state index contributed by atoms with van der Waals surface area (Å²) >= 11 is 1.11. The summed E-state index contributed by atoms with van der Waals surface area (Å²) in [6, 6.07) is 7.56. The highest BCUT2D eigenvalue weighted by molar-refractivity contribution is 8.15. The van der Waals surface area contributed by atoms with E-state index in [1.165, 1.54) is 14.1 Å². The molecule has 1 saturated heterocycles. The van der Waals surface area contributed by atoms with Crippen LogP contribution in [0.3, 0.4) is 0 Å². The van der Waals surface area contributed by atoms with Gasteiger partial charge < -0.3 is 10.0 Å². The predicted molar refractivity (Wildman–Crippen MR) is 128 cm³/mol. The van der Waals surface area contributed by atoms with Crippen molar-refractivity contribution in [3.63, 3.8) is 0 Å². The lowest BCUT2D eigenvalue weighted by Crippen LogP contribution is -2.40. The van der Waals surface area contributed by atoms with Crippen LogP contribution in [0.15, 0.2) is 38.8 Å². The third-order valence-electron chi connectivity index (χ3n) is 5.71. The molecule has 0 unspecified atom stereocenters. The molecule has 2 heterocycles. The molecule has 1 fully saturated rings. The third-order valence-corrected chi connectivity index (χ3v) is 6.67. The first kappa shape index (κ1) is 23.8. The summed E-state index contributed by atoms with van der Waals surface area (Å²) in [6.07, 6.45) is 5.11. The molecule has 1 aliphatic heterocycles. The van der Waals surface area contributed by atoms with Crippen LogP contribution in [-0.2, 0) is 25.3 Å². The summed E-state index contributed by atoms with van der Waals surface area (Å²) in [4.78, 5) is 44.3. The number of hydrogen-bond acceptors (Lipinski definition) is 6. The van der Waals surface area contributed by atoms with Gasteiger partial charge in [0.05, 0.1) is 11.4 Å². The molecule has 0 bridgehead atoms. The molecule has 32 heavy (non-hydrogen) atoms. The minimum absolute atomic E-state index is 0.0212. The van der Waals surface area contributed by atoms with E-state index in [0.717, 1.165) is 71.7 Å². The number of aliphatic imine (C=N–C) groups is 1. The van der Waals surface area contributed by atoms with E-state index in [-0.39, 0.29) is 22.3 Å². The SMILES string of the molecule is CCc1ccc(N=C(SCC(=O)N2CCCCCC2)c2c(O)n(C)c(=O)n(C)c2=O)cc1. The van der Waals surface area contributed by atoms with Crippen molar-refractivity contribution in [3.8, 4) is 5.88 Å². The lowest BCUT2D eigenvalue weighted by atomic mass is 10.1.